The van der Waals surface area contributed by atoms with Crippen LogP contribution in [0.25, 0.3) is 22.2 Å². The Balaban J connectivity index is 1.77. The van der Waals surface area contributed by atoms with Crippen LogP contribution in [-0.4, -0.2) is 34.4 Å². The number of H-pyrrole nitrogens is 1. The van der Waals surface area contributed by atoms with E-state index < -0.39 is 8.07 Å². The molecule has 22 heavy (non-hydrogen) atoms. The van der Waals surface area contributed by atoms with Crippen molar-refractivity contribution >= 4 is 19.0 Å². The highest BCUT2D eigenvalue weighted by atomic mass is 28.3. The van der Waals surface area contributed by atoms with Gasteiger partial charge in [0.05, 0.1) is 17.4 Å². The van der Waals surface area contributed by atoms with Gasteiger partial charge in [-0.2, -0.15) is 5.10 Å². The van der Waals surface area contributed by atoms with E-state index in [1.54, 1.807) is 6.20 Å². The average Bonchev–Trinajstić information content (AvgIpc) is 3.12. The van der Waals surface area contributed by atoms with Crippen LogP contribution < -0.4 is 0 Å². The van der Waals surface area contributed by atoms with Crippen LogP contribution in [0, 0.1) is 0 Å². The van der Waals surface area contributed by atoms with Crippen LogP contribution in [0.15, 0.2) is 36.9 Å². The van der Waals surface area contributed by atoms with E-state index in [9.17, 15) is 0 Å². The summed E-state index contributed by atoms with van der Waals surface area (Å²) >= 11 is 0. The van der Waals surface area contributed by atoms with E-state index in [0.717, 1.165) is 28.8 Å². The SMILES string of the molecule is C[Si](C)(C)CCOCn1ccc2c(-c3cn[nH]c3)nccc21. The minimum Gasteiger partial charge on any atom is -0.361 e. The van der Waals surface area contributed by atoms with E-state index in [1.807, 2.05) is 18.5 Å². The van der Waals surface area contributed by atoms with Gasteiger partial charge in [0.15, 0.2) is 0 Å². The lowest BCUT2D eigenvalue weighted by molar-refractivity contribution is 0.0902. The summed E-state index contributed by atoms with van der Waals surface area (Å²) in [5, 5.41) is 7.96. The first-order valence-corrected chi connectivity index (χ1v) is 11.3. The number of pyridine rings is 1. The maximum absolute atomic E-state index is 5.85. The predicted molar refractivity (Wildman–Crippen MR) is 91.4 cm³/mol. The fraction of sp³-hybridized carbons (Fsp3) is 0.375. The van der Waals surface area contributed by atoms with E-state index in [2.05, 4.69) is 51.7 Å². The Morgan fingerprint density at radius 2 is 2.14 bits per heavy atom. The van der Waals surface area contributed by atoms with Gasteiger partial charge in [0.1, 0.15) is 6.73 Å². The molecule has 0 aliphatic carbocycles. The van der Waals surface area contributed by atoms with Gasteiger partial charge >= 0.3 is 0 Å². The molecule has 116 valence electrons. The van der Waals surface area contributed by atoms with Gasteiger partial charge in [-0.25, -0.2) is 0 Å². The molecule has 3 heterocycles. The van der Waals surface area contributed by atoms with Crippen molar-refractivity contribution in [3.8, 4) is 11.3 Å². The van der Waals surface area contributed by atoms with Crippen molar-refractivity contribution in [1.82, 2.24) is 19.7 Å². The van der Waals surface area contributed by atoms with Crippen LogP contribution in [0.4, 0.5) is 0 Å². The maximum atomic E-state index is 5.85. The number of rotatable bonds is 6. The summed E-state index contributed by atoms with van der Waals surface area (Å²) in [5.41, 5.74) is 3.09. The molecule has 3 aromatic heterocycles. The summed E-state index contributed by atoms with van der Waals surface area (Å²) in [6, 6.07) is 5.31. The summed E-state index contributed by atoms with van der Waals surface area (Å²) in [4.78, 5) is 4.48. The van der Waals surface area contributed by atoms with Gasteiger partial charge in [0.2, 0.25) is 0 Å². The zero-order valence-corrected chi connectivity index (χ0v) is 14.3. The van der Waals surface area contributed by atoms with Crippen molar-refractivity contribution < 1.29 is 4.74 Å². The molecule has 6 heteroatoms. The van der Waals surface area contributed by atoms with Crippen molar-refractivity contribution in [2.75, 3.05) is 6.61 Å². The molecular formula is C16H22N4OSi. The van der Waals surface area contributed by atoms with Crippen molar-refractivity contribution in [3.05, 3.63) is 36.9 Å². The first kappa shape index (κ1) is 15.0. The number of nitrogens with one attached hydrogen (secondary N) is 1. The number of aromatic amines is 1. The van der Waals surface area contributed by atoms with E-state index in [4.69, 9.17) is 4.74 Å². The van der Waals surface area contributed by atoms with Crippen molar-refractivity contribution in [2.45, 2.75) is 32.4 Å². The third-order valence-corrected chi connectivity index (χ3v) is 5.40. The molecule has 0 aromatic carbocycles. The fourth-order valence-corrected chi connectivity index (χ4v) is 3.14. The van der Waals surface area contributed by atoms with Gasteiger partial charge in [0.25, 0.3) is 0 Å². The molecule has 0 amide bonds. The molecule has 0 saturated heterocycles. The summed E-state index contributed by atoms with van der Waals surface area (Å²) < 4.78 is 7.98. The van der Waals surface area contributed by atoms with Crippen molar-refractivity contribution in [1.29, 1.82) is 0 Å². The molecule has 0 fully saturated rings. The van der Waals surface area contributed by atoms with E-state index in [-0.39, 0.29) is 0 Å². The summed E-state index contributed by atoms with van der Waals surface area (Å²) in [6.45, 7) is 8.51. The van der Waals surface area contributed by atoms with Crippen LogP contribution in [0.2, 0.25) is 25.7 Å². The first-order chi connectivity index (χ1) is 10.5. The first-order valence-electron chi connectivity index (χ1n) is 7.55. The quantitative estimate of drug-likeness (QED) is 0.557. The second-order valence-corrected chi connectivity index (χ2v) is 12.3. The lowest BCUT2D eigenvalue weighted by Gasteiger charge is -2.15. The minimum atomic E-state index is -1.03. The number of aromatic nitrogens is 4. The molecule has 0 spiro atoms. The molecule has 3 rings (SSSR count). The van der Waals surface area contributed by atoms with Gasteiger partial charge < -0.3 is 9.30 Å². The molecule has 0 saturated carbocycles. The molecule has 5 nitrogen and oxygen atoms in total. The number of hydrogen-bond acceptors (Lipinski definition) is 3. The highest BCUT2D eigenvalue weighted by Crippen LogP contribution is 2.26. The number of ether oxygens (including phenoxy) is 1. The number of nitrogens with zero attached hydrogens (tertiary/aromatic N) is 3. The van der Waals surface area contributed by atoms with Gasteiger partial charge in [-0.3, -0.25) is 10.1 Å². The Kier molecular flexibility index (Phi) is 4.13. The third kappa shape index (κ3) is 3.28. The summed E-state index contributed by atoms with van der Waals surface area (Å²) in [5.74, 6) is 0. The fourth-order valence-electron chi connectivity index (χ4n) is 2.39. The lowest BCUT2D eigenvalue weighted by atomic mass is 10.1. The third-order valence-electron chi connectivity index (χ3n) is 3.70. The zero-order valence-electron chi connectivity index (χ0n) is 13.3. The van der Waals surface area contributed by atoms with Gasteiger partial charge in [-0.1, -0.05) is 19.6 Å². The Morgan fingerprint density at radius 3 is 2.86 bits per heavy atom. The topological polar surface area (TPSA) is 55.7 Å². The molecule has 0 atom stereocenters. The molecule has 0 unspecified atom stereocenters. The second-order valence-electron chi connectivity index (χ2n) is 6.71. The zero-order chi connectivity index (χ0) is 15.6. The highest BCUT2D eigenvalue weighted by Gasteiger charge is 2.13. The number of hydrogen-bond donors (Lipinski definition) is 1. The standard InChI is InChI=1S/C16H22N4OSi/c1-22(2,3)9-8-21-12-20-7-5-14-15(20)4-6-17-16(14)13-10-18-19-11-13/h4-7,10-11H,8-9,12H2,1-3H3,(H,18,19). The summed E-state index contributed by atoms with van der Waals surface area (Å²) in [6.07, 6.45) is 7.56. The Morgan fingerprint density at radius 1 is 1.27 bits per heavy atom. The number of fused-ring (bicyclic) bond motifs is 1. The Bertz CT molecular complexity index is 743. The van der Waals surface area contributed by atoms with E-state index in [0.29, 0.717) is 6.73 Å². The van der Waals surface area contributed by atoms with E-state index in [1.165, 1.54) is 6.04 Å². The maximum Gasteiger partial charge on any atom is 0.122 e. The minimum absolute atomic E-state index is 0.586. The normalized spacial score (nSPS) is 12.1. The van der Waals surface area contributed by atoms with Crippen LogP contribution in [0.5, 0.6) is 0 Å². The molecule has 0 bridgehead atoms. The Hall–Kier alpha value is -1.92. The van der Waals surface area contributed by atoms with Crippen LogP contribution in [0.1, 0.15) is 0 Å². The molecule has 0 radical (unpaired) electrons. The largest absolute Gasteiger partial charge is 0.361 e. The molecule has 3 aromatic rings. The van der Waals surface area contributed by atoms with Crippen molar-refractivity contribution in [2.24, 2.45) is 0 Å². The van der Waals surface area contributed by atoms with E-state index >= 15 is 0 Å². The second kappa shape index (κ2) is 6.06. The average molecular weight is 314 g/mol. The van der Waals surface area contributed by atoms with Gasteiger partial charge in [-0.05, 0) is 18.2 Å². The molecular weight excluding hydrogens is 292 g/mol. The van der Waals surface area contributed by atoms with Crippen LogP contribution >= 0.6 is 0 Å². The predicted octanol–water partition coefficient (Wildman–Crippen LogP) is 3.74. The van der Waals surface area contributed by atoms with Gasteiger partial charge in [-0.15, -0.1) is 0 Å². The van der Waals surface area contributed by atoms with Gasteiger partial charge in [0, 0.05) is 44.2 Å². The molecule has 0 aliphatic rings. The molecule has 1 N–H and O–H groups in total. The monoisotopic (exact) mass is 314 g/mol. The summed E-state index contributed by atoms with van der Waals surface area (Å²) in [7, 11) is -1.03. The smallest absolute Gasteiger partial charge is 0.122 e. The van der Waals surface area contributed by atoms with Crippen molar-refractivity contribution in [3.63, 3.8) is 0 Å². The Labute approximate surface area is 131 Å². The van der Waals surface area contributed by atoms with Crippen LogP contribution in [-0.2, 0) is 11.5 Å². The molecule has 0 aliphatic heterocycles. The van der Waals surface area contributed by atoms with Crippen LogP contribution in [0.3, 0.4) is 0 Å². The lowest BCUT2D eigenvalue weighted by Crippen LogP contribution is -2.21. The highest BCUT2D eigenvalue weighted by molar-refractivity contribution is 6.76.